The van der Waals surface area contributed by atoms with Gasteiger partial charge in [-0.3, -0.25) is 0 Å². The number of hydrogen-bond donors (Lipinski definition) is 1. The van der Waals surface area contributed by atoms with Gasteiger partial charge in [-0.15, -0.1) is 0 Å². The normalized spacial score (nSPS) is 16.8. The summed E-state index contributed by atoms with van der Waals surface area (Å²) in [5, 5.41) is 3.26. The van der Waals surface area contributed by atoms with Crippen LogP contribution in [0.2, 0.25) is 0 Å². The molecular formula is C17H20N4O3. The van der Waals surface area contributed by atoms with Gasteiger partial charge in [0.1, 0.15) is 19.0 Å². The second kappa shape index (κ2) is 6.52. The summed E-state index contributed by atoms with van der Waals surface area (Å²) in [6.07, 6.45) is 0. The Morgan fingerprint density at radius 3 is 2.58 bits per heavy atom. The highest BCUT2D eigenvalue weighted by molar-refractivity contribution is 5.61. The Morgan fingerprint density at radius 1 is 0.958 bits per heavy atom. The topological polar surface area (TPSA) is 68.7 Å². The first-order valence-corrected chi connectivity index (χ1v) is 8.13. The average Bonchev–Trinajstić information content (AvgIpc) is 2.62. The molecule has 7 nitrogen and oxygen atoms in total. The van der Waals surface area contributed by atoms with Crippen LogP contribution in [0.25, 0.3) is 0 Å². The number of rotatable bonds is 3. The van der Waals surface area contributed by atoms with E-state index in [4.69, 9.17) is 14.2 Å². The molecule has 126 valence electrons. The summed E-state index contributed by atoms with van der Waals surface area (Å²) < 4.78 is 16.6. The number of aromatic nitrogens is 2. The number of aryl methyl sites for hydroxylation is 1. The molecule has 2 aliphatic rings. The standard InChI is InChI=1S/C17H20N4O3/c1-12-10-16(21-4-6-22-7-5-21)20-17(18-12)19-13-2-3-14-15(11-13)24-9-8-23-14/h2-3,10-11H,4-9H2,1H3,(H,18,19,20). The van der Waals surface area contributed by atoms with Gasteiger partial charge in [0.2, 0.25) is 5.95 Å². The van der Waals surface area contributed by atoms with Crippen LogP contribution < -0.4 is 19.7 Å². The quantitative estimate of drug-likeness (QED) is 0.925. The second-order valence-corrected chi connectivity index (χ2v) is 5.77. The molecule has 0 aliphatic carbocycles. The molecule has 4 rings (SSSR count). The third-order valence-electron chi connectivity index (χ3n) is 3.97. The van der Waals surface area contributed by atoms with Gasteiger partial charge >= 0.3 is 0 Å². The molecule has 0 saturated carbocycles. The lowest BCUT2D eigenvalue weighted by atomic mass is 10.2. The number of anilines is 3. The summed E-state index contributed by atoms with van der Waals surface area (Å²) in [5.41, 5.74) is 1.80. The van der Waals surface area contributed by atoms with Crippen LogP contribution in [0.4, 0.5) is 17.5 Å². The van der Waals surface area contributed by atoms with E-state index < -0.39 is 0 Å². The number of hydrogen-bond acceptors (Lipinski definition) is 7. The number of ether oxygens (including phenoxy) is 3. The van der Waals surface area contributed by atoms with E-state index in [0.29, 0.717) is 19.2 Å². The molecule has 0 unspecified atom stereocenters. The Kier molecular flexibility index (Phi) is 4.08. The Hall–Kier alpha value is -2.54. The summed E-state index contributed by atoms with van der Waals surface area (Å²) in [4.78, 5) is 11.3. The lowest BCUT2D eigenvalue weighted by molar-refractivity contribution is 0.122. The van der Waals surface area contributed by atoms with Crippen molar-refractivity contribution in [2.24, 2.45) is 0 Å². The highest BCUT2D eigenvalue weighted by atomic mass is 16.6. The van der Waals surface area contributed by atoms with Crippen LogP contribution in [-0.2, 0) is 4.74 Å². The van der Waals surface area contributed by atoms with E-state index in [1.165, 1.54) is 0 Å². The minimum absolute atomic E-state index is 0.568. The molecule has 1 aromatic carbocycles. The molecule has 1 N–H and O–H groups in total. The Morgan fingerprint density at radius 2 is 1.75 bits per heavy atom. The van der Waals surface area contributed by atoms with Gasteiger partial charge < -0.3 is 24.4 Å². The third-order valence-corrected chi connectivity index (χ3v) is 3.97. The van der Waals surface area contributed by atoms with E-state index >= 15 is 0 Å². The summed E-state index contributed by atoms with van der Waals surface area (Å²) in [7, 11) is 0. The first kappa shape index (κ1) is 15.0. The first-order valence-electron chi connectivity index (χ1n) is 8.13. The van der Waals surface area contributed by atoms with E-state index in [2.05, 4.69) is 20.2 Å². The summed E-state index contributed by atoms with van der Waals surface area (Å²) in [5.74, 6) is 3.01. The Bertz CT molecular complexity index is 732. The molecule has 2 aromatic rings. The zero-order valence-electron chi connectivity index (χ0n) is 13.6. The molecule has 2 aliphatic heterocycles. The monoisotopic (exact) mass is 328 g/mol. The van der Waals surface area contributed by atoms with Gasteiger partial charge in [0.15, 0.2) is 11.5 Å². The number of nitrogens with one attached hydrogen (secondary N) is 1. The Labute approximate surface area is 140 Å². The van der Waals surface area contributed by atoms with Crippen molar-refractivity contribution in [1.29, 1.82) is 0 Å². The van der Waals surface area contributed by atoms with E-state index in [-0.39, 0.29) is 0 Å². The highest BCUT2D eigenvalue weighted by Crippen LogP contribution is 2.33. The van der Waals surface area contributed by atoms with Crippen molar-refractivity contribution >= 4 is 17.5 Å². The van der Waals surface area contributed by atoms with Crippen molar-refractivity contribution in [2.75, 3.05) is 49.7 Å². The molecule has 7 heteroatoms. The number of nitrogens with zero attached hydrogens (tertiary/aromatic N) is 3. The average molecular weight is 328 g/mol. The van der Waals surface area contributed by atoms with Crippen LogP contribution in [0.5, 0.6) is 11.5 Å². The highest BCUT2D eigenvalue weighted by Gasteiger charge is 2.15. The van der Waals surface area contributed by atoms with Crippen molar-refractivity contribution in [3.8, 4) is 11.5 Å². The SMILES string of the molecule is Cc1cc(N2CCOCC2)nc(Nc2ccc3c(c2)OCCO3)n1. The zero-order chi connectivity index (χ0) is 16.4. The number of morpholine rings is 1. The minimum atomic E-state index is 0.568. The molecule has 0 atom stereocenters. The molecule has 3 heterocycles. The van der Waals surface area contributed by atoms with Crippen LogP contribution >= 0.6 is 0 Å². The first-order chi connectivity index (χ1) is 11.8. The van der Waals surface area contributed by atoms with Crippen molar-refractivity contribution in [2.45, 2.75) is 6.92 Å². The van der Waals surface area contributed by atoms with Gasteiger partial charge in [-0.1, -0.05) is 0 Å². The van der Waals surface area contributed by atoms with Gasteiger partial charge in [0, 0.05) is 36.6 Å². The molecular weight excluding hydrogens is 308 g/mol. The maximum atomic E-state index is 5.62. The number of fused-ring (bicyclic) bond motifs is 1. The van der Waals surface area contributed by atoms with E-state index in [9.17, 15) is 0 Å². The fourth-order valence-corrected chi connectivity index (χ4v) is 2.81. The van der Waals surface area contributed by atoms with Crippen molar-refractivity contribution < 1.29 is 14.2 Å². The smallest absolute Gasteiger partial charge is 0.229 e. The lowest BCUT2D eigenvalue weighted by Gasteiger charge is -2.28. The third kappa shape index (κ3) is 3.21. The minimum Gasteiger partial charge on any atom is -0.486 e. The summed E-state index contributed by atoms with van der Waals surface area (Å²) in [6, 6.07) is 7.75. The number of benzene rings is 1. The summed E-state index contributed by atoms with van der Waals surface area (Å²) in [6.45, 7) is 6.28. The summed E-state index contributed by atoms with van der Waals surface area (Å²) >= 11 is 0. The molecule has 0 radical (unpaired) electrons. The van der Waals surface area contributed by atoms with Crippen LogP contribution in [0.3, 0.4) is 0 Å². The van der Waals surface area contributed by atoms with Crippen molar-refractivity contribution in [1.82, 2.24) is 9.97 Å². The molecule has 24 heavy (non-hydrogen) atoms. The molecule has 0 bridgehead atoms. The van der Waals surface area contributed by atoms with E-state index in [1.807, 2.05) is 31.2 Å². The van der Waals surface area contributed by atoms with Gasteiger partial charge in [0.25, 0.3) is 0 Å². The maximum absolute atomic E-state index is 5.62. The van der Waals surface area contributed by atoms with Gasteiger partial charge in [-0.25, -0.2) is 4.98 Å². The van der Waals surface area contributed by atoms with E-state index in [1.54, 1.807) is 0 Å². The van der Waals surface area contributed by atoms with Crippen molar-refractivity contribution in [3.63, 3.8) is 0 Å². The van der Waals surface area contributed by atoms with Gasteiger partial charge in [0.05, 0.1) is 13.2 Å². The maximum Gasteiger partial charge on any atom is 0.229 e. The largest absolute Gasteiger partial charge is 0.486 e. The Balaban J connectivity index is 1.56. The predicted molar refractivity (Wildman–Crippen MR) is 90.5 cm³/mol. The molecule has 0 spiro atoms. The lowest BCUT2D eigenvalue weighted by Crippen LogP contribution is -2.36. The van der Waals surface area contributed by atoms with Crippen LogP contribution in [0.15, 0.2) is 24.3 Å². The van der Waals surface area contributed by atoms with Crippen LogP contribution in [0, 0.1) is 6.92 Å². The zero-order valence-corrected chi connectivity index (χ0v) is 13.6. The fourth-order valence-electron chi connectivity index (χ4n) is 2.81. The second-order valence-electron chi connectivity index (χ2n) is 5.77. The molecule has 1 aromatic heterocycles. The molecule has 1 fully saturated rings. The molecule has 1 saturated heterocycles. The van der Waals surface area contributed by atoms with Crippen molar-refractivity contribution in [3.05, 3.63) is 30.0 Å². The predicted octanol–water partition coefficient (Wildman–Crippen LogP) is 2.14. The molecule has 0 amide bonds. The van der Waals surface area contributed by atoms with Gasteiger partial charge in [-0.2, -0.15) is 4.98 Å². The van der Waals surface area contributed by atoms with Gasteiger partial charge in [-0.05, 0) is 19.1 Å². The van der Waals surface area contributed by atoms with Crippen LogP contribution in [0.1, 0.15) is 5.69 Å². The van der Waals surface area contributed by atoms with E-state index in [0.717, 1.165) is 55.0 Å². The van der Waals surface area contributed by atoms with Crippen LogP contribution in [-0.4, -0.2) is 49.5 Å². The fraction of sp³-hybridized carbons (Fsp3) is 0.412.